The molecule has 0 aromatic carbocycles. The molecule has 1 heterocycles. The van der Waals surface area contributed by atoms with E-state index in [-0.39, 0.29) is 5.91 Å². The van der Waals surface area contributed by atoms with Gasteiger partial charge in [0.05, 0.1) is 0 Å². The summed E-state index contributed by atoms with van der Waals surface area (Å²) in [4.78, 5) is 16.8. The van der Waals surface area contributed by atoms with Crippen LogP contribution in [-0.4, -0.2) is 24.0 Å². The molecule has 4 nitrogen and oxygen atoms in total. The molecule has 2 N–H and O–H groups in total. The summed E-state index contributed by atoms with van der Waals surface area (Å²) in [6.07, 6.45) is 3.07. The van der Waals surface area contributed by atoms with Gasteiger partial charge >= 0.3 is 0 Å². The normalized spacial score (nSPS) is 19.1. The van der Waals surface area contributed by atoms with Crippen molar-refractivity contribution in [3.8, 4) is 0 Å². The van der Waals surface area contributed by atoms with Gasteiger partial charge in [-0.15, -0.1) is 0 Å². The van der Waals surface area contributed by atoms with Gasteiger partial charge in [-0.2, -0.15) is 0 Å². The molecule has 1 aromatic rings. The van der Waals surface area contributed by atoms with Gasteiger partial charge in [0.15, 0.2) is 0 Å². The molecule has 0 saturated heterocycles. The number of nitrogens with one attached hydrogen (secondary N) is 2. The Morgan fingerprint density at radius 2 is 2.10 bits per heavy atom. The van der Waals surface area contributed by atoms with E-state index in [4.69, 9.17) is 0 Å². The summed E-state index contributed by atoms with van der Waals surface area (Å²) in [6, 6.07) is 3.74. The van der Waals surface area contributed by atoms with E-state index in [0.717, 1.165) is 37.4 Å². The first-order valence-corrected chi connectivity index (χ1v) is 7.99. The lowest BCUT2D eigenvalue weighted by Crippen LogP contribution is -2.27. The molecule has 1 saturated carbocycles. The van der Waals surface area contributed by atoms with Crippen LogP contribution >= 0.6 is 0 Å². The predicted molar refractivity (Wildman–Crippen MR) is 86.6 cm³/mol. The lowest BCUT2D eigenvalue weighted by molar-refractivity contribution is 0.0950. The monoisotopic (exact) mass is 289 g/mol. The summed E-state index contributed by atoms with van der Waals surface area (Å²) in [5, 5.41) is 6.32. The van der Waals surface area contributed by atoms with E-state index < -0.39 is 0 Å². The van der Waals surface area contributed by atoms with Crippen molar-refractivity contribution in [1.29, 1.82) is 0 Å². The van der Waals surface area contributed by atoms with Crippen LogP contribution in [0.5, 0.6) is 0 Å². The predicted octanol–water partition coefficient (Wildman–Crippen LogP) is 3.24. The summed E-state index contributed by atoms with van der Waals surface area (Å²) in [7, 11) is 0. The lowest BCUT2D eigenvalue weighted by Gasteiger charge is -2.10. The Kier molecular flexibility index (Phi) is 4.86. The molecule has 1 aromatic heterocycles. The summed E-state index contributed by atoms with van der Waals surface area (Å²) < 4.78 is 0. The summed E-state index contributed by atoms with van der Waals surface area (Å²) in [5.74, 6) is 1.43. The van der Waals surface area contributed by atoms with Gasteiger partial charge in [0.2, 0.25) is 0 Å². The highest BCUT2D eigenvalue weighted by molar-refractivity contribution is 5.95. The molecule has 1 amide bonds. The average Bonchev–Trinajstić information content (AvgIpc) is 3.09. The summed E-state index contributed by atoms with van der Waals surface area (Å²) in [6.45, 7) is 10.3. The standard InChI is InChI=1S/C17H27N3O/c1-5-7-18-15-9-12(8-14(6-2)20-15)16(21)19-11-13-10-17(13,3)4/h8-9,13H,5-7,10-11H2,1-4H3,(H,18,20)(H,19,21). The highest BCUT2D eigenvalue weighted by Crippen LogP contribution is 2.50. The minimum Gasteiger partial charge on any atom is -0.370 e. The van der Waals surface area contributed by atoms with E-state index >= 15 is 0 Å². The van der Waals surface area contributed by atoms with Crippen molar-refractivity contribution in [3.05, 3.63) is 23.4 Å². The van der Waals surface area contributed by atoms with Crippen LogP contribution in [0.4, 0.5) is 5.82 Å². The maximum Gasteiger partial charge on any atom is 0.251 e. The van der Waals surface area contributed by atoms with Gasteiger partial charge in [0.25, 0.3) is 5.91 Å². The molecular weight excluding hydrogens is 262 g/mol. The first-order chi connectivity index (χ1) is 9.96. The number of aromatic nitrogens is 1. The van der Waals surface area contributed by atoms with Crippen LogP contribution in [0.25, 0.3) is 0 Å². The number of carbonyl (C=O) groups is 1. The number of aryl methyl sites for hydroxylation is 1. The Labute approximate surface area is 127 Å². The average molecular weight is 289 g/mol. The SMILES string of the molecule is CCCNc1cc(C(=O)NCC2CC2(C)C)cc(CC)n1. The number of carbonyl (C=O) groups excluding carboxylic acids is 1. The summed E-state index contributed by atoms with van der Waals surface area (Å²) in [5.41, 5.74) is 2.06. The smallest absolute Gasteiger partial charge is 0.251 e. The Bertz CT molecular complexity index is 511. The van der Waals surface area contributed by atoms with E-state index in [1.54, 1.807) is 0 Å². The minimum absolute atomic E-state index is 0.00866. The molecule has 1 aliphatic carbocycles. The molecule has 4 heteroatoms. The molecule has 21 heavy (non-hydrogen) atoms. The summed E-state index contributed by atoms with van der Waals surface area (Å²) >= 11 is 0. The zero-order valence-electron chi connectivity index (χ0n) is 13.6. The van der Waals surface area contributed by atoms with E-state index in [0.29, 0.717) is 16.9 Å². The van der Waals surface area contributed by atoms with E-state index in [9.17, 15) is 4.79 Å². The quantitative estimate of drug-likeness (QED) is 0.810. The van der Waals surface area contributed by atoms with Crippen LogP contribution in [0.15, 0.2) is 12.1 Å². The highest BCUT2D eigenvalue weighted by Gasteiger charge is 2.45. The first kappa shape index (κ1) is 15.8. The van der Waals surface area contributed by atoms with Gasteiger partial charge in [0.1, 0.15) is 5.82 Å². The Morgan fingerprint density at radius 3 is 2.67 bits per heavy atom. The van der Waals surface area contributed by atoms with E-state index in [1.165, 1.54) is 6.42 Å². The number of hydrogen-bond acceptors (Lipinski definition) is 3. The molecular formula is C17H27N3O. The largest absolute Gasteiger partial charge is 0.370 e. The van der Waals surface area contributed by atoms with Crippen LogP contribution in [0.1, 0.15) is 56.6 Å². The van der Waals surface area contributed by atoms with Gasteiger partial charge in [-0.05, 0) is 42.7 Å². The maximum atomic E-state index is 12.3. The van der Waals surface area contributed by atoms with Gasteiger partial charge in [0, 0.05) is 24.3 Å². The third kappa shape index (κ3) is 4.19. The van der Waals surface area contributed by atoms with Crippen molar-refractivity contribution < 1.29 is 4.79 Å². The van der Waals surface area contributed by atoms with E-state index in [2.05, 4.69) is 43.3 Å². The molecule has 1 fully saturated rings. The Balaban J connectivity index is 2.01. The van der Waals surface area contributed by atoms with E-state index in [1.807, 2.05) is 12.1 Å². The molecule has 1 atom stereocenters. The lowest BCUT2D eigenvalue weighted by atomic mass is 10.1. The fourth-order valence-corrected chi connectivity index (χ4v) is 2.49. The third-order valence-corrected chi connectivity index (χ3v) is 4.29. The fourth-order valence-electron chi connectivity index (χ4n) is 2.49. The Morgan fingerprint density at radius 1 is 1.38 bits per heavy atom. The Hall–Kier alpha value is -1.58. The van der Waals surface area contributed by atoms with Gasteiger partial charge in [-0.3, -0.25) is 4.79 Å². The minimum atomic E-state index is 0.00866. The maximum absolute atomic E-state index is 12.3. The molecule has 1 unspecified atom stereocenters. The zero-order chi connectivity index (χ0) is 15.5. The number of rotatable bonds is 7. The van der Waals surface area contributed by atoms with Crippen molar-refractivity contribution in [3.63, 3.8) is 0 Å². The number of amides is 1. The van der Waals surface area contributed by atoms with Gasteiger partial charge in [-0.25, -0.2) is 4.98 Å². The molecule has 0 aliphatic heterocycles. The topological polar surface area (TPSA) is 54.0 Å². The van der Waals surface area contributed by atoms with Crippen LogP contribution in [0.3, 0.4) is 0 Å². The van der Waals surface area contributed by atoms with Crippen LogP contribution < -0.4 is 10.6 Å². The second kappa shape index (κ2) is 6.46. The second-order valence-electron chi connectivity index (χ2n) is 6.61. The molecule has 0 bridgehead atoms. The number of anilines is 1. The fraction of sp³-hybridized carbons (Fsp3) is 0.647. The zero-order valence-corrected chi connectivity index (χ0v) is 13.6. The van der Waals surface area contributed by atoms with Crippen molar-refractivity contribution in [2.75, 3.05) is 18.4 Å². The van der Waals surface area contributed by atoms with Crippen molar-refractivity contribution in [2.45, 2.75) is 47.0 Å². The molecule has 0 radical (unpaired) electrons. The van der Waals surface area contributed by atoms with Gasteiger partial charge in [-0.1, -0.05) is 27.7 Å². The van der Waals surface area contributed by atoms with Crippen LogP contribution in [0.2, 0.25) is 0 Å². The van der Waals surface area contributed by atoms with Crippen molar-refractivity contribution in [1.82, 2.24) is 10.3 Å². The highest BCUT2D eigenvalue weighted by atomic mass is 16.1. The van der Waals surface area contributed by atoms with Crippen molar-refractivity contribution >= 4 is 11.7 Å². The molecule has 1 aliphatic rings. The van der Waals surface area contributed by atoms with Crippen LogP contribution in [-0.2, 0) is 6.42 Å². The molecule has 0 spiro atoms. The number of nitrogens with zero attached hydrogens (tertiary/aromatic N) is 1. The van der Waals surface area contributed by atoms with Gasteiger partial charge < -0.3 is 10.6 Å². The number of hydrogen-bond donors (Lipinski definition) is 2. The van der Waals surface area contributed by atoms with Crippen LogP contribution in [0, 0.1) is 11.3 Å². The number of pyridine rings is 1. The second-order valence-corrected chi connectivity index (χ2v) is 6.61. The molecule has 116 valence electrons. The van der Waals surface area contributed by atoms with Crippen molar-refractivity contribution in [2.24, 2.45) is 11.3 Å². The first-order valence-electron chi connectivity index (χ1n) is 7.99. The third-order valence-electron chi connectivity index (χ3n) is 4.29. The molecule has 2 rings (SSSR count).